The van der Waals surface area contributed by atoms with E-state index in [-0.39, 0.29) is 12.4 Å². The third kappa shape index (κ3) is 24.0. The molecule has 0 heterocycles. The van der Waals surface area contributed by atoms with Gasteiger partial charge in [0.25, 0.3) is 0 Å². The third-order valence-electron chi connectivity index (χ3n) is 5.55. The number of hydrogen-bond donors (Lipinski definition) is 0. The number of hydrogen-bond acceptors (Lipinski definition) is 0. The molecule has 0 radical (unpaired) electrons. The van der Waals surface area contributed by atoms with Crippen LogP contribution in [0, 0.1) is 0 Å². The highest BCUT2D eigenvalue weighted by Gasteiger charge is 2.09. The van der Waals surface area contributed by atoms with Crippen molar-refractivity contribution in [1.29, 1.82) is 0 Å². The van der Waals surface area contributed by atoms with Crippen LogP contribution in [-0.2, 0) is 0 Å². The summed E-state index contributed by atoms with van der Waals surface area (Å²) in [5, 5.41) is 0. The number of allylic oxidation sites excluding steroid dienone is 1. The molecule has 164 valence electrons. The Balaban J connectivity index is 0. The van der Waals surface area contributed by atoms with E-state index in [1.165, 1.54) is 122 Å². The van der Waals surface area contributed by atoms with Crippen molar-refractivity contribution in [3.63, 3.8) is 0 Å². The first kappa shape index (κ1) is 29.2. The van der Waals surface area contributed by atoms with E-state index in [0.717, 1.165) is 4.48 Å². The van der Waals surface area contributed by atoms with Crippen molar-refractivity contribution in [2.24, 2.45) is 0 Å². The van der Waals surface area contributed by atoms with E-state index in [1.807, 2.05) is 0 Å². The summed E-state index contributed by atoms with van der Waals surface area (Å²) in [6, 6.07) is 0. The van der Waals surface area contributed by atoms with Crippen molar-refractivity contribution in [3.8, 4) is 0 Å². The summed E-state index contributed by atoms with van der Waals surface area (Å²) >= 11 is 0. The van der Waals surface area contributed by atoms with Gasteiger partial charge in [-0.1, -0.05) is 110 Å². The summed E-state index contributed by atoms with van der Waals surface area (Å²) in [7, 11) is 4.66. The zero-order valence-corrected chi connectivity index (χ0v) is 20.2. The molecular formula is C25H52ClN. The van der Waals surface area contributed by atoms with E-state index in [0.29, 0.717) is 0 Å². The van der Waals surface area contributed by atoms with Crippen LogP contribution in [0.4, 0.5) is 0 Å². The van der Waals surface area contributed by atoms with E-state index >= 15 is 0 Å². The highest BCUT2D eigenvalue weighted by molar-refractivity contribution is 4.72. The lowest BCUT2D eigenvalue weighted by atomic mass is 10.0. The minimum Gasteiger partial charge on any atom is -1.00 e. The van der Waals surface area contributed by atoms with E-state index in [9.17, 15) is 0 Å². The fourth-order valence-corrected chi connectivity index (χ4v) is 3.67. The molecule has 0 N–H and O–H groups in total. The largest absolute Gasteiger partial charge is 1.00 e. The molecular weight excluding hydrogens is 350 g/mol. The van der Waals surface area contributed by atoms with Gasteiger partial charge in [-0.3, -0.25) is 0 Å². The molecule has 0 aliphatic heterocycles. The molecule has 27 heavy (non-hydrogen) atoms. The number of quaternary nitrogens is 1. The molecule has 0 aliphatic carbocycles. The Morgan fingerprint density at radius 3 is 1.26 bits per heavy atom. The average Bonchev–Trinajstić information content (AvgIpc) is 2.61. The van der Waals surface area contributed by atoms with Crippen LogP contribution in [-0.4, -0.2) is 25.1 Å². The molecule has 2 heteroatoms. The summed E-state index contributed by atoms with van der Waals surface area (Å²) in [6.07, 6.45) is 30.4. The van der Waals surface area contributed by atoms with Crippen LogP contribution in [0.3, 0.4) is 0 Å². The zero-order chi connectivity index (χ0) is 19.3. The maximum atomic E-state index is 2.38. The highest BCUT2D eigenvalue weighted by atomic mass is 35.5. The summed E-state index contributed by atoms with van der Waals surface area (Å²) in [5.41, 5.74) is 0. The predicted octanol–water partition coefficient (Wildman–Crippen LogP) is 5.64. The molecule has 0 aromatic heterocycles. The van der Waals surface area contributed by atoms with Gasteiger partial charge in [0.05, 0.1) is 26.8 Å². The molecule has 0 spiro atoms. The standard InChI is InChI=1S/C25H52N.ClH/c1-5-7-9-10-11-12-13-14-15-16-17-18-19-20-21-23-25-26(3,4)24-22-8-6-2;/h22,24H,5-21,23,25H2,1-4H3;1H/q+1;/p-1. The Bertz CT molecular complexity index is 299. The number of nitrogens with zero attached hydrogens (tertiary/aromatic N) is 1. The topological polar surface area (TPSA) is 0 Å². The summed E-state index contributed by atoms with van der Waals surface area (Å²) in [5.74, 6) is 0. The van der Waals surface area contributed by atoms with Crippen LogP contribution in [0.25, 0.3) is 0 Å². The van der Waals surface area contributed by atoms with E-state index in [1.54, 1.807) is 0 Å². The molecule has 0 aromatic rings. The molecule has 0 unspecified atom stereocenters. The highest BCUT2D eigenvalue weighted by Crippen LogP contribution is 2.14. The van der Waals surface area contributed by atoms with Gasteiger partial charge in [-0.2, -0.15) is 0 Å². The van der Waals surface area contributed by atoms with Gasteiger partial charge in [0.15, 0.2) is 0 Å². The van der Waals surface area contributed by atoms with Gasteiger partial charge in [-0.05, 0) is 25.3 Å². The second kappa shape index (κ2) is 22.3. The first-order valence-corrected chi connectivity index (χ1v) is 12.1. The van der Waals surface area contributed by atoms with Crippen LogP contribution in [0.15, 0.2) is 12.3 Å². The number of unbranched alkanes of at least 4 members (excludes halogenated alkanes) is 16. The van der Waals surface area contributed by atoms with Gasteiger partial charge >= 0.3 is 0 Å². The van der Waals surface area contributed by atoms with Crippen molar-refractivity contribution >= 4 is 0 Å². The van der Waals surface area contributed by atoms with Crippen molar-refractivity contribution in [1.82, 2.24) is 0 Å². The van der Waals surface area contributed by atoms with E-state index < -0.39 is 0 Å². The molecule has 0 aromatic carbocycles. The van der Waals surface area contributed by atoms with Crippen molar-refractivity contribution < 1.29 is 16.9 Å². The Morgan fingerprint density at radius 2 is 0.889 bits per heavy atom. The van der Waals surface area contributed by atoms with Crippen LogP contribution < -0.4 is 12.4 Å². The molecule has 0 atom stereocenters. The lowest BCUT2D eigenvalue weighted by Crippen LogP contribution is -3.00. The summed E-state index contributed by atoms with van der Waals surface area (Å²) in [4.78, 5) is 0. The first-order valence-electron chi connectivity index (χ1n) is 12.1. The normalized spacial score (nSPS) is 11.9. The Hall–Kier alpha value is -0.0100. The van der Waals surface area contributed by atoms with Crippen molar-refractivity contribution in [2.75, 3.05) is 20.6 Å². The minimum atomic E-state index is 0. The van der Waals surface area contributed by atoms with Gasteiger partial charge in [-0.25, -0.2) is 0 Å². The van der Waals surface area contributed by atoms with Gasteiger partial charge in [-0.15, -0.1) is 0 Å². The molecule has 1 nitrogen and oxygen atoms in total. The van der Waals surface area contributed by atoms with Gasteiger partial charge in [0.1, 0.15) is 0 Å². The molecule has 0 fully saturated rings. The SMILES string of the molecule is CCCC=C[N+](C)(C)CCCCCCCCCCCCCCCCCC.[Cl-]. The quantitative estimate of drug-likeness (QED) is 0.183. The maximum Gasteiger partial charge on any atom is 0.0913 e. The fraction of sp³-hybridized carbons (Fsp3) is 0.920. The number of halogens is 1. The lowest BCUT2D eigenvalue weighted by Gasteiger charge is -2.24. The molecule has 0 amide bonds. The smallest absolute Gasteiger partial charge is 0.0913 e. The summed E-state index contributed by atoms with van der Waals surface area (Å²) < 4.78 is 1.05. The van der Waals surface area contributed by atoms with Crippen LogP contribution >= 0.6 is 0 Å². The summed E-state index contributed by atoms with van der Waals surface area (Å²) in [6.45, 7) is 5.84. The Morgan fingerprint density at radius 1 is 0.519 bits per heavy atom. The van der Waals surface area contributed by atoms with Gasteiger partial charge < -0.3 is 16.9 Å². The molecule has 0 bridgehead atoms. The van der Waals surface area contributed by atoms with Crippen LogP contribution in [0.5, 0.6) is 0 Å². The second-order valence-corrected chi connectivity index (χ2v) is 8.98. The zero-order valence-electron chi connectivity index (χ0n) is 19.4. The minimum absolute atomic E-state index is 0. The van der Waals surface area contributed by atoms with E-state index in [2.05, 4.69) is 40.2 Å². The monoisotopic (exact) mass is 401 g/mol. The molecule has 0 rings (SSSR count). The van der Waals surface area contributed by atoms with Crippen LogP contribution in [0.2, 0.25) is 0 Å². The van der Waals surface area contributed by atoms with Crippen molar-refractivity contribution in [2.45, 2.75) is 129 Å². The van der Waals surface area contributed by atoms with Crippen LogP contribution in [0.1, 0.15) is 129 Å². The molecule has 0 saturated carbocycles. The Kier molecular flexibility index (Phi) is 24.1. The van der Waals surface area contributed by atoms with Crippen molar-refractivity contribution in [3.05, 3.63) is 12.3 Å². The Labute approximate surface area is 179 Å². The number of rotatable bonds is 20. The molecule has 0 aliphatic rings. The molecule has 0 saturated heterocycles. The maximum absolute atomic E-state index is 2.38. The van der Waals surface area contributed by atoms with E-state index in [4.69, 9.17) is 0 Å². The second-order valence-electron chi connectivity index (χ2n) is 8.98. The third-order valence-corrected chi connectivity index (χ3v) is 5.55. The average molecular weight is 402 g/mol. The predicted molar refractivity (Wildman–Crippen MR) is 121 cm³/mol. The lowest BCUT2D eigenvalue weighted by molar-refractivity contribution is -0.839. The van der Waals surface area contributed by atoms with Gasteiger partial charge in [0, 0.05) is 0 Å². The first-order chi connectivity index (χ1) is 12.6. The van der Waals surface area contributed by atoms with Gasteiger partial charge in [0.2, 0.25) is 0 Å². The fourth-order valence-electron chi connectivity index (χ4n) is 3.67.